The minimum absolute atomic E-state index is 0.341. The lowest BCUT2D eigenvalue weighted by molar-refractivity contribution is 0.0600. The zero-order valence-corrected chi connectivity index (χ0v) is 13.2. The summed E-state index contributed by atoms with van der Waals surface area (Å²) in [6.07, 6.45) is 4.04. The quantitative estimate of drug-likeness (QED) is 0.594. The van der Waals surface area contributed by atoms with Crippen molar-refractivity contribution < 1.29 is 9.53 Å². The molecule has 0 radical (unpaired) electrons. The zero-order chi connectivity index (χ0) is 16.4. The van der Waals surface area contributed by atoms with Gasteiger partial charge in [0.2, 0.25) is 0 Å². The van der Waals surface area contributed by atoms with Crippen LogP contribution in [0.3, 0.4) is 0 Å². The number of hydrogen-bond donors (Lipinski definition) is 0. The van der Waals surface area contributed by atoms with E-state index < -0.39 is 0 Å². The van der Waals surface area contributed by atoms with Crippen molar-refractivity contribution in [2.45, 2.75) is 19.8 Å². The van der Waals surface area contributed by atoms with E-state index in [4.69, 9.17) is 11.3 Å². The summed E-state index contributed by atoms with van der Waals surface area (Å²) in [6.45, 7) is 9.43. The number of ether oxygens (including phenoxy) is 1. The highest BCUT2D eigenvalue weighted by Gasteiger charge is 2.19. The fourth-order valence-corrected chi connectivity index (χ4v) is 2.99. The van der Waals surface area contributed by atoms with Gasteiger partial charge in [-0.15, -0.1) is 0 Å². The maximum absolute atomic E-state index is 11.8. The van der Waals surface area contributed by atoms with Gasteiger partial charge < -0.3 is 4.74 Å². The molecule has 3 heteroatoms. The van der Waals surface area contributed by atoms with Gasteiger partial charge in [0, 0.05) is 0 Å². The molecule has 2 aromatic carbocycles. The SMILES string of the molecule is [C-]#[N+]c1cc(C)ccc1C1=CCCc2ccc(C(=O)OC)cc21. The van der Waals surface area contributed by atoms with Crippen LogP contribution < -0.4 is 0 Å². The molecule has 0 N–H and O–H groups in total. The van der Waals surface area contributed by atoms with Gasteiger partial charge in [-0.05, 0) is 54.2 Å². The van der Waals surface area contributed by atoms with E-state index in [9.17, 15) is 4.79 Å². The number of nitrogens with zero attached hydrogens (tertiary/aromatic N) is 1. The van der Waals surface area contributed by atoms with E-state index in [-0.39, 0.29) is 5.97 Å². The van der Waals surface area contributed by atoms with E-state index >= 15 is 0 Å². The van der Waals surface area contributed by atoms with Crippen LogP contribution in [-0.2, 0) is 11.2 Å². The molecule has 0 saturated carbocycles. The van der Waals surface area contributed by atoms with Crippen LogP contribution >= 0.6 is 0 Å². The van der Waals surface area contributed by atoms with Gasteiger partial charge in [0.25, 0.3) is 0 Å². The van der Waals surface area contributed by atoms with Crippen LogP contribution in [0.1, 0.15) is 39.0 Å². The Kier molecular flexibility index (Phi) is 3.99. The Bertz CT molecular complexity index is 856. The van der Waals surface area contributed by atoms with Crippen molar-refractivity contribution in [2.75, 3.05) is 7.11 Å². The minimum Gasteiger partial charge on any atom is -0.465 e. The summed E-state index contributed by atoms with van der Waals surface area (Å²) in [6, 6.07) is 11.6. The van der Waals surface area contributed by atoms with Crippen molar-refractivity contribution in [1.29, 1.82) is 0 Å². The maximum atomic E-state index is 11.8. The summed E-state index contributed by atoms with van der Waals surface area (Å²) in [7, 11) is 1.38. The lowest BCUT2D eigenvalue weighted by atomic mass is 9.85. The maximum Gasteiger partial charge on any atom is 0.337 e. The molecule has 0 spiro atoms. The molecule has 3 nitrogen and oxygen atoms in total. The molecule has 114 valence electrons. The molecule has 0 fully saturated rings. The van der Waals surface area contributed by atoms with Crippen LogP contribution in [0, 0.1) is 13.5 Å². The second kappa shape index (κ2) is 6.10. The summed E-state index contributed by atoms with van der Waals surface area (Å²) in [5.74, 6) is -0.341. The number of hydrogen-bond acceptors (Lipinski definition) is 2. The van der Waals surface area contributed by atoms with Crippen LogP contribution in [0.5, 0.6) is 0 Å². The van der Waals surface area contributed by atoms with Crippen LogP contribution in [0.2, 0.25) is 0 Å². The number of benzene rings is 2. The second-order valence-corrected chi connectivity index (χ2v) is 5.65. The molecule has 0 amide bonds. The van der Waals surface area contributed by atoms with Crippen molar-refractivity contribution in [2.24, 2.45) is 0 Å². The largest absolute Gasteiger partial charge is 0.465 e. The molecule has 1 aliphatic carbocycles. The molecule has 23 heavy (non-hydrogen) atoms. The first-order valence-corrected chi connectivity index (χ1v) is 7.54. The van der Waals surface area contributed by atoms with Crippen LogP contribution in [0.4, 0.5) is 5.69 Å². The van der Waals surface area contributed by atoms with Crippen LogP contribution in [0.15, 0.2) is 42.5 Å². The van der Waals surface area contributed by atoms with E-state index in [0.717, 1.165) is 35.1 Å². The molecule has 0 aromatic heterocycles. The molecule has 0 saturated heterocycles. The predicted molar refractivity (Wildman–Crippen MR) is 90.6 cm³/mol. The van der Waals surface area contributed by atoms with Crippen LogP contribution in [-0.4, -0.2) is 13.1 Å². The molecule has 0 atom stereocenters. The third kappa shape index (κ3) is 2.76. The second-order valence-electron chi connectivity index (χ2n) is 5.65. The van der Waals surface area contributed by atoms with Gasteiger partial charge in [0.15, 0.2) is 5.69 Å². The smallest absolute Gasteiger partial charge is 0.337 e. The lowest BCUT2D eigenvalue weighted by Gasteiger charge is -2.20. The monoisotopic (exact) mass is 303 g/mol. The summed E-state index contributed by atoms with van der Waals surface area (Å²) in [4.78, 5) is 15.5. The fourth-order valence-electron chi connectivity index (χ4n) is 2.99. The van der Waals surface area contributed by atoms with Crippen molar-refractivity contribution in [3.63, 3.8) is 0 Å². The number of allylic oxidation sites excluding steroid dienone is 1. The van der Waals surface area contributed by atoms with Gasteiger partial charge >= 0.3 is 5.97 Å². The Labute approximate surface area is 136 Å². The Hall–Kier alpha value is -2.86. The Morgan fingerprint density at radius 3 is 2.74 bits per heavy atom. The van der Waals surface area contributed by atoms with Gasteiger partial charge in [0.1, 0.15) is 0 Å². The van der Waals surface area contributed by atoms with E-state index in [1.54, 1.807) is 6.07 Å². The molecule has 2 aromatic rings. The molecule has 1 aliphatic rings. The molecular weight excluding hydrogens is 286 g/mol. The van der Waals surface area contributed by atoms with E-state index in [1.165, 1.54) is 12.7 Å². The highest BCUT2D eigenvalue weighted by molar-refractivity contribution is 5.94. The Morgan fingerprint density at radius 2 is 2.00 bits per heavy atom. The van der Waals surface area contributed by atoms with Gasteiger partial charge in [-0.1, -0.05) is 35.9 Å². The number of rotatable bonds is 2. The zero-order valence-electron chi connectivity index (χ0n) is 13.2. The van der Waals surface area contributed by atoms with Crippen molar-refractivity contribution in [1.82, 2.24) is 0 Å². The highest BCUT2D eigenvalue weighted by atomic mass is 16.5. The third-order valence-corrected chi connectivity index (χ3v) is 4.15. The third-order valence-electron chi connectivity index (χ3n) is 4.15. The summed E-state index contributed by atoms with van der Waals surface area (Å²) >= 11 is 0. The number of carbonyl (C=O) groups excluding carboxylic acids is 1. The van der Waals surface area contributed by atoms with Crippen LogP contribution in [0.25, 0.3) is 10.4 Å². The van der Waals surface area contributed by atoms with E-state index in [2.05, 4.69) is 10.9 Å². The molecule has 0 bridgehead atoms. The Balaban J connectivity index is 2.16. The average Bonchev–Trinajstić information content (AvgIpc) is 2.60. The predicted octanol–water partition coefficient (Wildman–Crippen LogP) is 4.71. The fraction of sp³-hybridized carbons (Fsp3) is 0.200. The summed E-state index contributed by atoms with van der Waals surface area (Å²) < 4.78 is 4.82. The number of aryl methyl sites for hydroxylation is 2. The minimum atomic E-state index is -0.341. The molecular formula is C20H17NO2. The lowest BCUT2D eigenvalue weighted by Crippen LogP contribution is -2.06. The molecule has 3 rings (SSSR count). The first kappa shape index (κ1) is 15.1. The number of carbonyl (C=O) groups is 1. The van der Waals surface area contributed by atoms with E-state index in [1.807, 2.05) is 37.3 Å². The van der Waals surface area contributed by atoms with Crippen molar-refractivity contribution in [3.05, 3.63) is 81.7 Å². The highest BCUT2D eigenvalue weighted by Crippen LogP contribution is 2.37. The first-order chi connectivity index (χ1) is 11.1. The molecule has 0 unspecified atom stereocenters. The van der Waals surface area contributed by atoms with Gasteiger partial charge in [-0.2, -0.15) is 0 Å². The summed E-state index contributed by atoms with van der Waals surface area (Å²) in [5.41, 5.74) is 6.43. The number of fused-ring (bicyclic) bond motifs is 1. The molecule has 0 heterocycles. The topological polar surface area (TPSA) is 30.7 Å². The first-order valence-electron chi connectivity index (χ1n) is 7.54. The Morgan fingerprint density at radius 1 is 1.17 bits per heavy atom. The summed E-state index contributed by atoms with van der Waals surface area (Å²) in [5, 5.41) is 0. The van der Waals surface area contributed by atoms with Gasteiger partial charge in [0.05, 0.1) is 19.2 Å². The van der Waals surface area contributed by atoms with Crippen molar-refractivity contribution >= 4 is 17.2 Å². The van der Waals surface area contributed by atoms with Crippen molar-refractivity contribution in [3.8, 4) is 0 Å². The average molecular weight is 303 g/mol. The molecule has 0 aliphatic heterocycles. The van der Waals surface area contributed by atoms with Gasteiger partial charge in [-0.3, -0.25) is 0 Å². The standard InChI is InChI=1S/C20H17NO2/c1-13-7-10-17(19(11-13)21-2)16-6-4-5-14-8-9-15(12-18(14)16)20(22)23-3/h6-12H,4-5H2,1,3H3. The number of methoxy groups -OCH3 is 1. The number of esters is 1. The normalized spacial score (nSPS) is 12.8. The van der Waals surface area contributed by atoms with Gasteiger partial charge in [-0.25, -0.2) is 9.64 Å². The van der Waals surface area contributed by atoms with E-state index in [0.29, 0.717) is 11.3 Å².